The van der Waals surface area contributed by atoms with E-state index in [0.717, 1.165) is 29.0 Å². The maximum absolute atomic E-state index is 5.78. The lowest BCUT2D eigenvalue weighted by Gasteiger charge is -2.27. The fourth-order valence-corrected chi connectivity index (χ4v) is 2.07. The van der Waals surface area contributed by atoms with E-state index in [9.17, 15) is 0 Å². The van der Waals surface area contributed by atoms with Gasteiger partial charge in [0, 0.05) is 27.2 Å². The molecule has 1 aliphatic heterocycles. The van der Waals surface area contributed by atoms with Crippen molar-refractivity contribution in [2.75, 3.05) is 32.1 Å². The Hall–Kier alpha value is -0.810. The summed E-state index contributed by atoms with van der Waals surface area (Å²) in [6.07, 6.45) is 0.337. The van der Waals surface area contributed by atoms with Gasteiger partial charge < -0.3 is 15.0 Å². The maximum Gasteiger partial charge on any atom is 0.199 e. The first-order valence-electron chi connectivity index (χ1n) is 4.69. The van der Waals surface area contributed by atoms with Gasteiger partial charge in [0.1, 0.15) is 6.10 Å². The van der Waals surface area contributed by atoms with Gasteiger partial charge in [-0.3, -0.25) is 0 Å². The molecule has 0 aromatic carbocycles. The molecule has 1 fully saturated rings. The van der Waals surface area contributed by atoms with Crippen molar-refractivity contribution in [2.24, 2.45) is 0 Å². The number of hydrogen-bond donors (Lipinski definition) is 1. The maximum atomic E-state index is 5.78. The molecule has 0 bridgehead atoms. The zero-order chi connectivity index (χ0) is 10.1. The molecular weight excluding hydrogens is 198 g/mol. The smallest absolute Gasteiger partial charge is 0.199 e. The summed E-state index contributed by atoms with van der Waals surface area (Å²) in [7, 11) is 3.99. The molecule has 4 nitrogen and oxygen atoms in total. The molecule has 2 heterocycles. The highest BCUT2D eigenvalue weighted by molar-refractivity contribution is 7.17. The fourth-order valence-electron chi connectivity index (χ4n) is 1.17. The molecule has 0 unspecified atom stereocenters. The second-order valence-corrected chi connectivity index (χ2v) is 4.60. The quantitative estimate of drug-likeness (QED) is 0.808. The van der Waals surface area contributed by atoms with E-state index in [0.29, 0.717) is 6.10 Å². The Balaban J connectivity index is 2.08. The Bertz CT molecular complexity index is 320. The molecule has 2 rings (SSSR count). The molecule has 1 aromatic heterocycles. The van der Waals surface area contributed by atoms with Gasteiger partial charge in [0.2, 0.25) is 0 Å². The number of aromatic nitrogens is 1. The summed E-state index contributed by atoms with van der Waals surface area (Å²) in [5.74, 6) is 0. The molecule has 0 radical (unpaired) electrons. The monoisotopic (exact) mass is 213 g/mol. The van der Waals surface area contributed by atoms with Crippen molar-refractivity contribution in [1.29, 1.82) is 0 Å². The van der Waals surface area contributed by atoms with E-state index >= 15 is 0 Å². The Labute approximate surface area is 87.9 Å². The zero-order valence-corrected chi connectivity index (χ0v) is 9.52. The summed E-state index contributed by atoms with van der Waals surface area (Å²) in [5.41, 5.74) is 0.991. The lowest BCUT2D eigenvalue weighted by atomic mass is 10.2. The molecule has 1 aromatic rings. The van der Waals surface area contributed by atoms with Gasteiger partial charge in [-0.25, -0.2) is 4.98 Å². The second kappa shape index (κ2) is 3.74. The highest BCUT2D eigenvalue weighted by Gasteiger charge is 2.21. The zero-order valence-electron chi connectivity index (χ0n) is 8.70. The van der Waals surface area contributed by atoms with E-state index in [-0.39, 0.29) is 0 Å². The van der Waals surface area contributed by atoms with Crippen molar-refractivity contribution >= 4 is 16.5 Å². The first kappa shape index (κ1) is 9.73. The molecule has 0 atom stereocenters. The molecule has 5 heteroatoms. The average molecular weight is 213 g/mol. The lowest BCUT2D eigenvalue weighted by Crippen LogP contribution is -2.50. The van der Waals surface area contributed by atoms with Crippen LogP contribution in [0.15, 0.2) is 0 Å². The van der Waals surface area contributed by atoms with Gasteiger partial charge in [0.25, 0.3) is 0 Å². The van der Waals surface area contributed by atoms with Crippen LogP contribution in [-0.2, 0) is 0 Å². The lowest BCUT2D eigenvalue weighted by molar-refractivity contribution is 0.146. The molecule has 78 valence electrons. The van der Waals surface area contributed by atoms with Crippen LogP contribution in [0, 0.1) is 6.92 Å². The van der Waals surface area contributed by atoms with Crippen molar-refractivity contribution in [3.63, 3.8) is 0 Å². The van der Waals surface area contributed by atoms with Crippen LogP contribution < -0.4 is 15.0 Å². The van der Waals surface area contributed by atoms with Crippen molar-refractivity contribution in [3.05, 3.63) is 5.69 Å². The number of anilines is 1. The van der Waals surface area contributed by atoms with E-state index in [1.807, 2.05) is 25.9 Å². The minimum atomic E-state index is 0.337. The number of thiazole rings is 1. The summed E-state index contributed by atoms with van der Waals surface area (Å²) in [5, 5.41) is 5.14. The highest BCUT2D eigenvalue weighted by atomic mass is 32.1. The summed E-state index contributed by atoms with van der Waals surface area (Å²) < 4.78 is 5.78. The fraction of sp³-hybridized carbons (Fsp3) is 0.667. The Morgan fingerprint density at radius 3 is 2.64 bits per heavy atom. The molecule has 1 aliphatic rings. The Morgan fingerprint density at radius 1 is 1.50 bits per heavy atom. The number of ether oxygens (including phenoxy) is 1. The molecule has 1 saturated heterocycles. The van der Waals surface area contributed by atoms with Crippen LogP contribution in [0.1, 0.15) is 5.69 Å². The molecule has 0 amide bonds. The minimum absolute atomic E-state index is 0.337. The van der Waals surface area contributed by atoms with E-state index in [1.165, 1.54) is 0 Å². The average Bonchev–Trinajstić information content (AvgIpc) is 2.40. The third-order valence-electron chi connectivity index (χ3n) is 2.14. The summed E-state index contributed by atoms with van der Waals surface area (Å²) >= 11 is 1.61. The van der Waals surface area contributed by atoms with Crippen molar-refractivity contribution < 1.29 is 4.74 Å². The van der Waals surface area contributed by atoms with Gasteiger partial charge in [-0.15, -0.1) is 0 Å². The van der Waals surface area contributed by atoms with Crippen molar-refractivity contribution in [1.82, 2.24) is 10.3 Å². The van der Waals surface area contributed by atoms with Crippen LogP contribution in [0.2, 0.25) is 0 Å². The summed E-state index contributed by atoms with van der Waals surface area (Å²) in [6, 6.07) is 0. The predicted octanol–water partition coefficient (Wildman–Crippen LogP) is 0.868. The van der Waals surface area contributed by atoms with Crippen LogP contribution >= 0.6 is 11.3 Å². The van der Waals surface area contributed by atoms with Crippen LogP contribution in [0.3, 0.4) is 0 Å². The first-order valence-corrected chi connectivity index (χ1v) is 5.50. The molecule has 0 aliphatic carbocycles. The third-order valence-corrected chi connectivity index (χ3v) is 3.36. The van der Waals surface area contributed by atoms with Gasteiger partial charge in [-0.2, -0.15) is 0 Å². The number of rotatable bonds is 3. The first-order chi connectivity index (χ1) is 6.66. The summed E-state index contributed by atoms with van der Waals surface area (Å²) in [6.45, 7) is 3.90. The van der Waals surface area contributed by atoms with Crippen LogP contribution in [0.4, 0.5) is 5.13 Å². The number of nitrogens with one attached hydrogen (secondary N) is 1. The number of hydrogen-bond acceptors (Lipinski definition) is 5. The van der Waals surface area contributed by atoms with E-state index in [2.05, 4.69) is 10.3 Å². The van der Waals surface area contributed by atoms with E-state index in [4.69, 9.17) is 4.74 Å². The van der Waals surface area contributed by atoms with Crippen LogP contribution in [-0.4, -0.2) is 38.3 Å². The standard InChI is InChI=1S/C9H15N3OS/c1-6-8(13-7-4-10-5-7)14-9(11-6)12(2)3/h7,10H,4-5H2,1-3H3. The minimum Gasteiger partial charge on any atom is -0.476 e. The number of aryl methyl sites for hydroxylation is 1. The van der Waals surface area contributed by atoms with Gasteiger partial charge in [-0.1, -0.05) is 11.3 Å². The van der Waals surface area contributed by atoms with Crippen molar-refractivity contribution in [3.8, 4) is 5.06 Å². The van der Waals surface area contributed by atoms with Gasteiger partial charge in [0.15, 0.2) is 10.2 Å². The molecule has 0 spiro atoms. The molecule has 14 heavy (non-hydrogen) atoms. The number of nitrogens with zero attached hydrogens (tertiary/aromatic N) is 2. The molecular formula is C9H15N3OS. The predicted molar refractivity (Wildman–Crippen MR) is 58.5 cm³/mol. The summed E-state index contributed by atoms with van der Waals surface area (Å²) in [4.78, 5) is 6.42. The second-order valence-electron chi connectivity index (χ2n) is 3.66. The molecule has 0 saturated carbocycles. The van der Waals surface area contributed by atoms with E-state index in [1.54, 1.807) is 11.3 Å². The molecule has 1 N–H and O–H groups in total. The van der Waals surface area contributed by atoms with Crippen LogP contribution in [0.25, 0.3) is 0 Å². The highest BCUT2D eigenvalue weighted by Crippen LogP contribution is 2.32. The normalized spacial score (nSPS) is 16.5. The Morgan fingerprint density at radius 2 is 2.21 bits per heavy atom. The third kappa shape index (κ3) is 1.83. The van der Waals surface area contributed by atoms with Gasteiger partial charge >= 0.3 is 0 Å². The SMILES string of the molecule is Cc1nc(N(C)C)sc1OC1CNC1. The topological polar surface area (TPSA) is 37.4 Å². The Kier molecular flexibility index (Phi) is 2.60. The van der Waals surface area contributed by atoms with Gasteiger partial charge in [-0.05, 0) is 6.92 Å². The largest absolute Gasteiger partial charge is 0.476 e. The van der Waals surface area contributed by atoms with Crippen molar-refractivity contribution in [2.45, 2.75) is 13.0 Å². The van der Waals surface area contributed by atoms with Crippen LogP contribution in [0.5, 0.6) is 5.06 Å². The van der Waals surface area contributed by atoms with E-state index < -0.39 is 0 Å². The van der Waals surface area contributed by atoms with Gasteiger partial charge in [0.05, 0.1) is 5.69 Å².